The molecule has 2 rings (SSSR count). The molecule has 2 N–H and O–H groups in total. The largest absolute Gasteiger partial charge is 0.452 e. The molecule has 0 aliphatic carbocycles. The maximum atomic E-state index is 12.3. The second-order valence-corrected chi connectivity index (χ2v) is 8.16. The fourth-order valence-corrected chi connectivity index (χ4v) is 3.12. The van der Waals surface area contributed by atoms with Gasteiger partial charge >= 0.3 is 5.97 Å². The van der Waals surface area contributed by atoms with Gasteiger partial charge in [0, 0.05) is 0 Å². The summed E-state index contributed by atoms with van der Waals surface area (Å²) < 4.78 is 30.0. The highest BCUT2D eigenvalue weighted by atomic mass is 32.2. The fourth-order valence-electron chi connectivity index (χ4n) is 2.54. The van der Waals surface area contributed by atoms with Crippen molar-refractivity contribution < 1.29 is 27.5 Å². The highest BCUT2D eigenvalue weighted by Gasteiger charge is 2.20. The summed E-state index contributed by atoms with van der Waals surface area (Å²) in [5, 5.41) is 2.55. The molecule has 0 saturated heterocycles. The number of nitrogens with one attached hydrogen (secondary N) is 2. The molecule has 0 unspecified atom stereocenters. The van der Waals surface area contributed by atoms with Crippen LogP contribution in [0.3, 0.4) is 0 Å². The van der Waals surface area contributed by atoms with Gasteiger partial charge in [-0.25, -0.2) is 13.2 Å². The first-order valence-electron chi connectivity index (χ1n) is 8.73. The predicted octanol–water partition coefficient (Wildman–Crippen LogP) is 1.53. The van der Waals surface area contributed by atoms with Gasteiger partial charge in [0.15, 0.2) is 12.4 Å². The van der Waals surface area contributed by atoms with E-state index < -0.39 is 34.5 Å². The van der Waals surface area contributed by atoms with Crippen molar-refractivity contribution in [2.24, 2.45) is 0 Å². The molecule has 0 aliphatic rings. The van der Waals surface area contributed by atoms with Crippen LogP contribution >= 0.6 is 0 Å². The van der Waals surface area contributed by atoms with Crippen LogP contribution in [-0.2, 0) is 30.8 Å². The lowest BCUT2D eigenvalue weighted by atomic mass is 10.0. The standard InChI is InChI=1S/C20H22N2O6S/c1-14(23)18(12-15-8-4-3-5-9-15)21-19(24)13-28-20(25)16-10-6-7-11-17(16)22-29(2,26)27/h3-11,18,22H,12-13H2,1-2H3,(H,21,24)/t18-/m0/s1. The van der Waals surface area contributed by atoms with Crippen molar-refractivity contribution in [2.75, 3.05) is 17.6 Å². The Kier molecular flexibility index (Phi) is 7.49. The minimum Gasteiger partial charge on any atom is -0.452 e. The molecule has 0 aromatic heterocycles. The first-order valence-corrected chi connectivity index (χ1v) is 10.6. The van der Waals surface area contributed by atoms with Crippen LogP contribution in [0.2, 0.25) is 0 Å². The van der Waals surface area contributed by atoms with Gasteiger partial charge in [0.2, 0.25) is 10.0 Å². The van der Waals surface area contributed by atoms with Gasteiger partial charge in [0.05, 0.1) is 23.5 Å². The Labute approximate surface area is 169 Å². The minimum atomic E-state index is -3.59. The normalized spacial score (nSPS) is 11.9. The van der Waals surface area contributed by atoms with Gasteiger partial charge < -0.3 is 10.1 Å². The predicted molar refractivity (Wildman–Crippen MR) is 108 cm³/mol. The second-order valence-electron chi connectivity index (χ2n) is 6.42. The number of esters is 1. The highest BCUT2D eigenvalue weighted by molar-refractivity contribution is 7.92. The molecule has 2 aromatic rings. The van der Waals surface area contributed by atoms with Gasteiger partial charge in [-0.3, -0.25) is 14.3 Å². The molecule has 0 aliphatic heterocycles. The lowest BCUT2D eigenvalue weighted by Gasteiger charge is -2.16. The number of ketones is 1. The third kappa shape index (κ3) is 7.38. The number of benzene rings is 2. The SMILES string of the molecule is CC(=O)[C@H](Cc1ccccc1)NC(=O)COC(=O)c1ccccc1NS(C)(=O)=O. The number of sulfonamides is 1. The summed E-state index contributed by atoms with van der Waals surface area (Å²) in [6, 6.07) is 14.3. The highest BCUT2D eigenvalue weighted by Crippen LogP contribution is 2.17. The number of hydrogen-bond donors (Lipinski definition) is 2. The van der Waals surface area contributed by atoms with E-state index in [1.165, 1.54) is 25.1 Å². The van der Waals surface area contributed by atoms with E-state index in [2.05, 4.69) is 10.0 Å². The number of anilines is 1. The number of Topliss-reactive ketones (excluding diaryl/α,β-unsaturated/α-hetero) is 1. The van der Waals surface area contributed by atoms with Crippen LogP contribution in [0.4, 0.5) is 5.69 Å². The minimum absolute atomic E-state index is 0.0295. The van der Waals surface area contributed by atoms with E-state index in [0.29, 0.717) is 6.42 Å². The van der Waals surface area contributed by atoms with Crippen LogP contribution in [0, 0.1) is 0 Å². The lowest BCUT2D eigenvalue weighted by Crippen LogP contribution is -2.43. The molecule has 0 bridgehead atoms. The average molecular weight is 418 g/mol. The molecule has 1 amide bonds. The number of ether oxygens (including phenoxy) is 1. The van der Waals surface area contributed by atoms with E-state index in [0.717, 1.165) is 11.8 Å². The van der Waals surface area contributed by atoms with E-state index in [1.807, 2.05) is 30.3 Å². The molecule has 0 radical (unpaired) electrons. The van der Waals surface area contributed by atoms with Gasteiger partial charge in [-0.05, 0) is 31.0 Å². The third-order valence-corrected chi connectivity index (χ3v) is 4.48. The van der Waals surface area contributed by atoms with Crippen LogP contribution in [0.5, 0.6) is 0 Å². The summed E-state index contributed by atoms with van der Waals surface area (Å²) in [6.45, 7) is 0.762. The monoisotopic (exact) mass is 418 g/mol. The first kappa shape index (κ1) is 22.1. The van der Waals surface area contributed by atoms with E-state index in [9.17, 15) is 22.8 Å². The summed E-state index contributed by atoms with van der Waals surface area (Å²) in [4.78, 5) is 36.2. The van der Waals surface area contributed by atoms with Crippen molar-refractivity contribution in [1.29, 1.82) is 0 Å². The molecule has 154 valence electrons. The Morgan fingerprint density at radius 1 is 1.00 bits per heavy atom. The number of hydrogen-bond acceptors (Lipinski definition) is 6. The summed E-state index contributed by atoms with van der Waals surface area (Å²) in [5.74, 6) is -1.73. The van der Waals surface area contributed by atoms with Gasteiger partial charge in [-0.15, -0.1) is 0 Å². The zero-order valence-corrected chi connectivity index (χ0v) is 16.9. The third-order valence-electron chi connectivity index (χ3n) is 3.89. The Balaban J connectivity index is 1.97. The van der Waals surface area contributed by atoms with E-state index in [-0.39, 0.29) is 17.0 Å². The fraction of sp³-hybridized carbons (Fsp3) is 0.250. The molecular formula is C20H22N2O6S. The molecule has 8 nitrogen and oxygen atoms in total. The smallest absolute Gasteiger partial charge is 0.340 e. The van der Waals surface area contributed by atoms with Crippen LogP contribution < -0.4 is 10.0 Å². The number of carbonyl (C=O) groups is 3. The van der Waals surface area contributed by atoms with Crippen molar-refractivity contribution in [3.8, 4) is 0 Å². The van der Waals surface area contributed by atoms with Crippen molar-refractivity contribution in [2.45, 2.75) is 19.4 Å². The van der Waals surface area contributed by atoms with Crippen LogP contribution in [0.1, 0.15) is 22.8 Å². The zero-order valence-electron chi connectivity index (χ0n) is 16.0. The van der Waals surface area contributed by atoms with Crippen molar-refractivity contribution in [3.05, 3.63) is 65.7 Å². The first-order chi connectivity index (χ1) is 13.7. The maximum Gasteiger partial charge on any atom is 0.340 e. The summed E-state index contributed by atoms with van der Waals surface area (Å²) in [7, 11) is -3.59. The lowest BCUT2D eigenvalue weighted by molar-refractivity contribution is -0.128. The molecule has 0 spiro atoms. The summed E-state index contributed by atoms with van der Waals surface area (Å²) in [5.41, 5.74) is 0.898. The zero-order chi connectivity index (χ0) is 21.4. The average Bonchev–Trinajstić information content (AvgIpc) is 2.65. The Hall–Kier alpha value is -3.20. The van der Waals surface area contributed by atoms with E-state index in [4.69, 9.17) is 4.74 Å². The van der Waals surface area contributed by atoms with E-state index in [1.54, 1.807) is 6.07 Å². The maximum absolute atomic E-state index is 12.3. The topological polar surface area (TPSA) is 119 Å². The number of amides is 1. The second kappa shape index (κ2) is 9.83. The molecule has 2 aromatic carbocycles. The molecule has 9 heteroatoms. The summed E-state index contributed by atoms with van der Waals surface area (Å²) >= 11 is 0. The number of para-hydroxylation sites is 1. The van der Waals surface area contributed by atoms with Crippen LogP contribution in [-0.4, -0.2) is 45.0 Å². The van der Waals surface area contributed by atoms with Crippen molar-refractivity contribution in [3.63, 3.8) is 0 Å². The molecule has 1 atom stereocenters. The van der Waals surface area contributed by atoms with Crippen LogP contribution in [0.15, 0.2) is 54.6 Å². The Bertz CT molecular complexity index is 989. The van der Waals surface area contributed by atoms with Gasteiger partial charge in [0.1, 0.15) is 0 Å². The molecule has 0 heterocycles. The number of rotatable bonds is 9. The van der Waals surface area contributed by atoms with E-state index >= 15 is 0 Å². The molecule has 0 fully saturated rings. The quantitative estimate of drug-likeness (QED) is 0.596. The molecular weight excluding hydrogens is 396 g/mol. The van der Waals surface area contributed by atoms with Gasteiger partial charge in [-0.1, -0.05) is 42.5 Å². The van der Waals surface area contributed by atoms with Gasteiger partial charge in [-0.2, -0.15) is 0 Å². The molecule has 0 saturated carbocycles. The number of carbonyl (C=O) groups excluding carboxylic acids is 3. The summed E-state index contributed by atoms with van der Waals surface area (Å²) in [6.07, 6.45) is 1.27. The molecule has 29 heavy (non-hydrogen) atoms. The Morgan fingerprint density at radius 2 is 1.62 bits per heavy atom. The van der Waals surface area contributed by atoms with Gasteiger partial charge in [0.25, 0.3) is 5.91 Å². The van der Waals surface area contributed by atoms with Crippen molar-refractivity contribution >= 4 is 33.4 Å². The Morgan fingerprint density at radius 3 is 2.24 bits per heavy atom. The van der Waals surface area contributed by atoms with Crippen LogP contribution in [0.25, 0.3) is 0 Å². The van der Waals surface area contributed by atoms with Crippen molar-refractivity contribution in [1.82, 2.24) is 5.32 Å².